The second kappa shape index (κ2) is 4.09. The standard InChI is InChI=1S/C12H15N/c1-9(2)10(3)12-6-4-5-11(7-12)8-13/h4-7,9-10H,1-3H3. The fourth-order valence-corrected chi connectivity index (χ4v) is 1.28. The lowest BCUT2D eigenvalue weighted by atomic mass is 9.90. The Bertz CT molecular complexity index is 320. The highest BCUT2D eigenvalue weighted by molar-refractivity contribution is 5.34. The van der Waals surface area contributed by atoms with Gasteiger partial charge in [0.05, 0.1) is 11.6 Å². The first-order chi connectivity index (χ1) is 6.15. The minimum absolute atomic E-state index is 0.522. The Morgan fingerprint density at radius 3 is 2.46 bits per heavy atom. The van der Waals surface area contributed by atoms with Crippen molar-refractivity contribution in [1.82, 2.24) is 0 Å². The second-order valence-corrected chi connectivity index (χ2v) is 3.77. The van der Waals surface area contributed by atoms with Gasteiger partial charge in [0.2, 0.25) is 0 Å². The topological polar surface area (TPSA) is 23.8 Å². The van der Waals surface area contributed by atoms with E-state index in [0.29, 0.717) is 11.8 Å². The molecule has 0 aliphatic rings. The predicted molar refractivity (Wildman–Crippen MR) is 54.4 cm³/mol. The van der Waals surface area contributed by atoms with Crippen LogP contribution in [0.2, 0.25) is 0 Å². The minimum atomic E-state index is 0.522. The fraction of sp³-hybridized carbons (Fsp3) is 0.417. The highest BCUT2D eigenvalue weighted by atomic mass is 14.2. The van der Waals surface area contributed by atoms with Crippen LogP contribution >= 0.6 is 0 Å². The molecule has 0 aromatic heterocycles. The van der Waals surface area contributed by atoms with E-state index in [1.807, 2.05) is 18.2 Å². The van der Waals surface area contributed by atoms with Crippen molar-refractivity contribution in [2.45, 2.75) is 26.7 Å². The summed E-state index contributed by atoms with van der Waals surface area (Å²) < 4.78 is 0. The first-order valence-electron chi connectivity index (χ1n) is 4.65. The van der Waals surface area contributed by atoms with Gasteiger partial charge < -0.3 is 0 Å². The molecule has 1 rings (SSSR count). The van der Waals surface area contributed by atoms with Crippen LogP contribution in [0.5, 0.6) is 0 Å². The normalized spacial score (nSPS) is 12.5. The quantitative estimate of drug-likeness (QED) is 0.673. The number of rotatable bonds is 2. The van der Waals surface area contributed by atoms with E-state index < -0.39 is 0 Å². The molecule has 0 spiro atoms. The first-order valence-corrected chi connectivity index (χ1v) is 4.65. The molecule has 0 bridgehead atoms. The lowest BCUT2D eigenvalue weighted by Crippen LogP contribution is -2.01. The van der Waals surface area contributed by atoms with Gasteiger partial charge in [0, 0.05) is 0 Å². The zero-order valence-corrected chi connectivity index (χ0v) is 8.41. The van der Waals surface area contributed by atoms with E-state index in [1.54, 1.807) is 0 Å². The van der Waals surface area contributed by atoms with Gasteiger partial charge in [0.15, 0.2) is 0 Å². The molecule has 1 atom stereocenters. The number of hydrogen-bond acceptors (Lipinski definition) is 1. The van der Waals surface area contributed by atoms with E-state index in [0.717, 1.165) is 5.56 Å². The maximum Gasteiger partial charge on any atom is 0.0991 e. The molecular weight excluding hydrogens is 158 g/mol. The van der Waals surface area contributed by atoms with Gasteiger partial charge in [-0.1, -0.05) is 32.9 Å². The summed E-state index contributed by atoms with van der Waals surface area (Å²) in [4.78, 5) is 0. The van der Waals surface area contributed by atoms with Crippen LogP contribution in [0.25, 0.3) is 0 Å². The van der Waals surface area contributed by atoms with Crippen LogP contribution in [0.3, 0.4) is 0 Å². The minimum Gasteiger partial charge on any atom is -0.192 e. The summed E-state index contributed by atoms with van der Waals surface area (Å²) in [7, 11) is 0. The maximum atomic E-state index is 8.73. The number of nitriles is 1. The molecule has 0 saturated carbocycles. The zero-order valence-electron chi connectivity index (χ0n) is 8.41. The van der Waals surface area contributed by atoms with Crippen molar-refractivity contribution in [3.8, 4) is 6.07 Å². The van der Waals surface area contributed by atoms with E-state index >= 15 is 0 Å². The Balaban J connectivity index is 2.96. The van der Waals surface area contributed by atoms with Gasteiger partial charge in [-0.15, -0.1) is 0 Å². The molecule has 0 radical (unpaired) electrons. The van der Waals surface area contributed by atoms with Gasteiger partial charge in [0.25, 0.3) is 0 Å². The van der Waals surface area contributed by atoms with E-state index in [1.165, 1.54) is 5.56 Å². The third kappa shape index (κ3) is 2.32. The van der Waals surface area contributed by atoms with Gasteiger partial charge in [-0.05, 0) is 29.5 Å². The molecule has 0 amide bonds. The van der Waals surface area contributed by atoms with Crippen molar-refractivity contribution in [2.24, 2.45) is 5.92 Å². The molecule has 1 unspecified atom stereocenters. The average molecular weight is 173 g/mol. The number of benzene rings is 1. The molecule has 1 nitrogen and oxygen atoms in total. The molecule has 13 heavy (non-hydrogen) atoms. The SMILES string of the molecule is CC(C)C(C)c1cccc(C#N)c1. The van der Waals surface area contributed by atoms with Gasteiger partial charge in [0.1, 0.15) is 0 Å². The third-order valence-corrected chi connectivity index (χ3v) is 2.54. The second-order valence-electron chi connectivity index (χ2n) is 3.77. The summed E-state index contributed by atoms with van der Waals surface area (Å²) in [6.07, 6.45) is 0. The molecule has 0 N–H and O–H groups in total. The summed E-state index contributed by atoms with van der Waals surface area (Å²) in [6.45, 7) is 6.59. The summed E-state index contributed by atoms with van der Waals surface area (Å²) in [5.74, 6) is 1.14. The van der Waals surface area contributed by atoms with E-state index in [4.69, 9.17) is 5.26 Å². The van der Waals surface area contributed by atoms with Gasteiger partial charge in [-0.2, -0.15) is 5.26 Å². The van der Waals surface area contributed by atoms with Crippen molar-refractivity contribution >= 4 is 0 Å². The van der Waals surface area contributed by atoms with Gasteiger partial charge in [-0.25, -0.2) is 0 Å². The Morgan fingerprint density at radius 2 is 1.92 bits per heavy atom. The van der Waals surface area contributed by atoms with Crippen LogP contribution in [0.1, 0.15) is 37.8 Å². The molecule has 0 heterocycles. The molecule has 68 valence electrons. The Hall–Kier alpha value is -1.29. The number of hydrogen-bond donors (Lipinski definition) is 0. The van der Waals surface area contributed by atoms with Crippen molar-refractivity contribution in [1.29, 1.82) is 5.26 Å². The van der Waals surface area contributed by atoms with Crippen molar-refractivity contribution in [2.75, 3.05) is 0 Å². The van der Waals surface area contributed by atoms with Gasteiger partial charge in [-0.3, -0.25) is 0 Å². The fourth-order valence-electron chi connectivity index (χ4n) is 1.28. The monoisotopic (exact) mass is 173 g/mol. The molecule has 1 heteroatoms. The molecule has 0 saturated heterocycles. The zero-order chi connectivity index (χ0) is 9.84. The molecule has 0 fully saturated rings. The lowest BCUT2D eigenvalue weighted by molar-refractivity contribution is 0.535. The van der Waals surface area contributed by atoms with Crippen LogP contribution in [0.15, 0.2) is 24.3 Å². The van der Waals surface area contributed by atoms with Crippen molar-refractivity contribution < 1.29 is 0 Å². The van der Waals surface area contributed by atoms with Crippen LogP contribution < -0.4 is 0 Å². The largest absolute Gasteiger partial charge is 0.192 e. The highest BCUT2D eigenvalue weighted by Gasteiger charge is 2.09. The summed E-state index contributed by atoms with van der Waals surface area (Å²) in [5.41, 5.74) is 2.01. The summed E-state index contributed by atoms with van der Waals surface area (Å²) in [6, 6.07) is 10.0. The van der Waals surface area contributed by atoms with Crippen LogP contribution in [0.4, 0.5) is 0 Å². The van der Waals surface area contributed by atoms with E-state index in [9.17, 15) is 0 Å². The Morgan fingerprint density at radius 1 is 1.23 bits per heavy atom. The molecule has 0 aliphatic heterocycles. The van der Waals surface area contributed by atoms with E-state index in [-0.39, 0.29) is 0 Å². The number of nitrogens with zero attached hydrogens (tertiary/aromatic N) is 1. The lowest BCUT2D eigenvalue weighted by Gasteiger charge is -2.15. The van der Waals surface area contributed by atoms with Crippen LogP contribution in [-0.2, 0) is 0 Å². The summed E-state index contributed by atoms with van der Waals surface area (Å²) in [5, 5.41) is 8.73. The smallest absolute Gasteiger partial charge is 0.0991 e. The van der Waals surface area contributed by atoms with Crippen molar-refractivity contribution in [3.63, 3.8) is 0 Å². The maximum absolute atomic E-state index is 8.73. The first kappa shape index (κ1) is 9.80. The average Bonchev–Trinajstić information content (AvgIpc) is 2.16. The molecule has 1 aromatic rings. The summed E-state index contributed by atoms with van der Waals surface area (Å²) >= 11 is 0. The van der Waals surface area contributed by atoms with Crippen molar-refractivity contribution in [3.05, 3.63) is 35.4 Å². The molecule has 1 aromatic carbocycles. The molecule has 0 aliphatic carbocycles. The van der Waals surface area contributed by atoms with Crippen LogP contribution in [-0.4, -0.2) is 0 Å². The van der Waals surface area contributed by atoms with Gasteiger partial charge >= 0.3 is 0 Å². The van der Waals surface area contributed by atoms with Crippen LogP contribution in [0, 0.1) is 17.2 Å². The predicted octanol–water partition coefficient (Wildman–Crippen LogP) is 3.32. The third-order valence-electron chi connectivity index (χ3n) is 2.54. The Labute approximate surface area is 80.0 Å². The Kier molecular flexibility index (Phi) is 3.08. The highest BCUT2D eigenvalue weighted by Crippen LogP contribution is 2.23. The van der Waals surface area contributed by atoms with E-state index in [2.05, 4.69) is 32.9 Å². The molecular formula is C12H15N.